The van der Waals surface area contributed by atoms with Crippen LogP contribution in [-0.4, -0.2) is 32.3 Å². The Kier molecular flexibility index (Phi) is 3.65. The van der Waals surface area contributed by atoms with Gasteiger partial charge in [-0.2, -0.15) is 5.10 Å². The van der Waals surface area contributed by atoms with Crippen LogP contribution in [0.5, 0.6) is 0 Å². The largest absolute Gasteiger partial charge is 0.481 e. The number of aromatic nitrogens is 2. The molecule has 3 N–H and O–H groups in total. The van der Waals surface area contributed by atoms with E-state index in [-0.39, 0.29) is 11.6 Å². The van der Waals surface area contributed by atoms with Gasteiger partial charge >= 0.3 is 11.9 Å². The van der Waals surface area contributed by atoms with Gasteiger partial charge in [-0.1, -0.05) is 6.92 Å². The summed E-state index contributed by atoms with van der Waals surface area (Å²) in [6, 6.07) is 1.47. The maximum absolute atomic E-state index is 10.1. The van der Waals surface area contributed by atoms with E-state index in [1.165, 1.54) is 6.07 Å². The van der Waals surface area contributed by atoms with Gasteiger partial charge in [-0.3, -0.25) is 9.89 Å². The van der Waals surface area contributed by atoms with Gasteiger partial charge in [0, 0.05) is 5.69 Å². The Labute approximate surface area is 92.3 Å². The molecule has 2 rings (SSSR count). The molecule has 0 amide bonds. The first-order chi connectivity index (χ1) is 7.41. The Hall–Kier alpha value is -1.85. The number of nitrogens with one attached hydrogen (secondary N) is 1. The molecule has 0 saturated heterocycles. The molecule has 6 nitrogen and oxygen atoms in total. The maximum Gasteiger partial charge on any atom is 0.356 e. The number of H-pyrrole nitrogens is 1. The summed E-state index contributed by atoms with van der Waals surface area (Å²) in [7, 11) is 0. The van der Waals surface area contributed by atoms with Gasteiger partial charge in [0.1, 0.15) is 0 Å². The first-order valence-corrected chi connectivity index (χ1v) is 4.90. The van der Waals surface area contributed by atoms with Crippen LogP contribution in [0, 0.1) is 18.8 Å². The van der Waals surface area contributed by atoms with E-state index in [2.05, 4.69) is 10.2 Å². The molecule has 1 aromatic heterocycles. The molecule has 6 heteroatoms. The van der Waals surface area contributed by atoms with Gasteiger partial charge in [0.25, 0.3) is 0 Å². The smallest absolute Gasteiger partial charge is 0.356 e. The zero-order valence-electron chi connectivity index (χ0n) is 9.10. The van der Waals surface area contributed by atoms with Crippen molar-refractivity contribution in [3.05, 3.63) is 17.5 Å². The fourth-order valence-corrected chi connectivity index (χ4v) is 1.19. The Bertz CT molecular complexity index is 399. The standard InChI is InChI=1S/C5H6N2O2.C5H8O2/c1-3-2-4(5(8)9)7-6-3;1-3-2-4(3)5(6)7/h2H,1H3,(H,6,7)(H,8,9);3-4H,2H2,1H3,(H,6,7). The number of carboxylic acid groups (broad SMARTS) is 2. The number of aliphatic carboxylic acids is 1. The summed E-state index contributed by atoms with van der Waals surface area (Å²) in [6.07, 6.45) is 0.884. The third-order valence-corrected chi connectivity index (χ3v) is 2.35. The van der Waals surface area contributed by atoms with E-state index < -0.39 is 11.9 Å². The summed E-state index contributed by atoms with van der Waals surface area (Å²) in [5.74, 6) is -1.20. The summed E-state index contributed by atoms with van der Waals surface area (Å²) in [5, 5.41) is 22.5. The molecule has 0 bridgehead atoms. The van der Waals surface area contributed by atoms with E-state index in [0.29, 0.717) is 5.92 Å². The number of nitrogens with zero attached hydrogens (tertiary/aromatic N) is 1. The average Bonchev–Trinajstić information content (AvgIpc) is 2.74. The van der Waals surface area contributed by atoms with E-state index in [1.807, 2.05) is 6.92 Å². The zero-order chi connectivity index (χ0) is 12.3. The van der Waals surface area contributed by atoms with Crippen molar-refractivity contribution in [1.82, 2.24) is 10.2 Å². The van der Waals surface area contributed by atoms with Crippen LogP contribution >= 0.6 is 0 Å². The van der Waals surface area contributed by atoms with Crippen LogP contribution in [0.15, 0.2) is 6.07 Å². The van der Waals surface area contributed by atoms with Crippen molar-refractivity contribution in [1.29, 1.82) is 0 Å². The number of aromatic amines is 1. The predicted molar refractivity (Wildman–Crippen MR) is 55.2 cm³/mol. The lowest BCUT2D eigenvalue weighted by atomic mass is 10.3. The minimum atomic E-state index is -1.00. The lowest BCUT2D eigenvalue weighted by Gasteiger charge is -1.79. The lowest BCUT2D eigenvalue weighted by molar-refractivity contribution is -0.138. The van der Waals surface area contributed by atoms with Crippen LogP contribution in [0.25, 0.3) is 0 Å². The van der Waals surface area contributed by atoms with Crippen molar-refractivity contribution >= 4 is 11.9 Å². The number of aryl methyl sites for hydroxylation is 1. The number of carboxylic acids is 2. The fraction of sp³-hybridized carbons (Fsp3) is 0.500. The number of hydrogen-bond donors (Lipinski definition) is 3. The van der Waals surface area contributed by atoms with Crippen molar-refractivity contribution in [2.75, 3.05) is 0 Å². The summed E-state index contributed by atoms with van der Waals surface area (Å²) < 4.78 is 0. The van der Waals surface area contributed by atoms with E-state index in [1.54, 1.807) is 6.92 Å². The molecule has 0 spiro atoms. The van der Waals surface area contributed by atoms with Crippen molar-refractivity contribution in [2.24, 2.45) is 11.8 Å². The Morgan fingerprint density at radius 1 is 1.50 bits per heavy atom. The second-order valence-electron chi connectivity index (χ2n) is 3.90. The number of hydrogen-bond acceptors (Lipinski definition) is 3. The Balaban J connectivity index is 0.000000165. The fourth-order valence-electron chi connectivity index (χ4n) is 1.19. The predicted octanol–water partition coefficient (Wildman–Crippen LogP) is 1.14. The average molecular weight is 226 g/mol. The highest BCUT2D eigenvalue weighted by Crippen LogP contribution is 2.37. The molecule has 88 valence electrons. The summed E-state index contributed by atoms with van der Waals surface area (Å²) >= 11 is 0. The van der Waals surface area contributed by atoms with Crippen molar-refractivity contribution in [3.63, 3.8) is 0 Å². The van der Waals surface area contributed by atoms with Crippen LogP contribution in [0.4, 0.5) is 0 Å². The number of aromatic carboxylic acids is 1. The van der Waals surface area contributed by atoms with E-state index in [9.17, 15) is 9.59 Å². The van der Waals surface area contributed by atoms with Crippen LogP contribution < -0.4 is 0 Å². The van der Waals surface area contributed by atoms with E-state index in [4.69, 9.17) is 10.2 Å². The highest BCUT2D eigenvalue weighted by molar-refractivity contribution is 5.85. The molecular formula is C10H14N2O4. The second-order valence-corrected chi connectivity index (χ2v) is 3.90. The lowest BCUT2D eigenvalue weighted by Crippen LogP contribution is -1.97. The van der Waals surface area contributed by atoms with Crippen LogP contribution in [0.3, 0.4) is 0 Å². The SMILES string of the molecule is CC1CC1C(=O)O.Cc1cc(C(=O)O)n[nH]1. The monoisotopic (exact) mass is 226 g/mol. The van der Waals surface area contributed by atoms with Crippen LogP contribution in [-0.2, 0) is 4.79 Å². The molecule has 1 fully saturated rings. The molecule has 0 aliphatic heterocycles. The van der Waals surface area contributed by atoms with Gasteiger partial charge in [0.05, 0.1) is 5.92 Å². The van der Waals surface area contributed by atoms with Crippen molar-refractivity contribution < 1.29 is 19.8 Å². The first-order valence-electron chi connectivity index (χ1n) is 4.90. The normalized spacial score (nSPS) is 21.9. The second kappa shape index (κ2) is 4.78. The number of carbonyl (C=O) groups is 2. The molecule has 16 heavy (non-hydrogen) atoms. The first kappa shape index (κ1) is 12.2. The third kappa shape index (κ3) is 3.38. The molecule has 1 saturated carbocycles. The van der Waals surface area contributed by atoms with E-state index in [0.717, 1.165) is 12.1 Å². The van der Waals surface area contributed by atoms with Crippen LogP contribution in [0.2, 0.25) is 0 Å². The van der Waals surface area contributed by atoms with Crippen LogP contribution in [0.1, 0.15) is 29.5 Å². The highest BCUT2D eigenvalue weighted by Gasteiger charge is 2.38. The molecule has 0 aromatic carbocycles. The minimum Gasteiger partial charge on any atom is -0.481 e. The molecule has 2 atom stereocenters. The molecule has 2 unspecified atom stereocenters. The molecular weight excluding hydrogens is 212 g/mol. The van der Waals surface area contributed by atoms with Gasteiger partial charge in [-0.25, -0.2) is 4.79 Å². The zero-order valence-corrected chi connectivity index (χ0v) is 9.10. The topological polar surface area (TPSA) is 103 Å². The minimum absolute atomic E-state index is 0.0139. The molecule has 1 aliphatic carbocycles. The molecule has 1 aliphatic rings. The summed E-state index contributed by atoms with van der Waals surface area (Å²) in [6.45, 7) is 3.71. The number of rotatable bonds is 2. The van der Waals surface area contributed by atoms with Gasteiger partial charge in [-0.15, -0.1) is 0 Å². The van der Waals surface area contributed by atoms with Gasteiger partial charge in [-0.05, 0) is 25.3 Å². The molecule has 1 aromatic rings. The van der Waals surface area contributed by atoms with Gasteiger partial charge < -0.3 is 10.2 Å². The third-order valence-electron chi connectivity index (χ3n) is 2.35. The summed E-state index contributed by atoms with van der Waals surface area (Å²) in [5.41, 5.74) is 0.819. The van der Waals surface area contributed by atoms with Gasteiger partial charge in [0.2, 0.25) is 0 Å². The molecule has 0 radical (unpaired) electrons. The van der Waals surface area contributed by atoms with E-state index >= 15 is 0 Å². The summed E-state index contributed by atoms with van der Waals surface area (Å²) in [4.78, 5) is 20.1. The maximum atomic E-state index is 10.1. The van der Waals surface area contributed by atoms with Crippen molar-refractivity contribution in [3.8, 4) is 0 Å². The molecule has 1 heterocycles. The van der Waals surface area contributed by atoms with Gasteiger partial charge in [0.15, 0.2) is 5.69 Å². The Morgan fingerprint density at radius 3 is 2.19 bits per heavy atom. The quantitative estimate of drug-likeness (QED) is 0.701. The van der Waals surface area contributed by atoms with Crippen molar-refractivity contribution in [2.45, 2.75) is 20.3 Å². The Morgan fingerprint density at radius 2 is 2.06 bits per heavy atom. The highest BCUT2D eigenvalue weighted by atomic mass is 16.4.